The molecule has 0 bridgehead atoms. The Morgan fingerprint density at radius 2 is 1.94 bits per heavy atom. The molecule has 0 aromatic carbocycles. The van der Waals surface area contributed by atoms with Gasteiger partial charge in [-0.1, -0.05) is 39.0 Å². The van der Waals surface area contributed by atoms with Gasteiger partial charge in [0.15, 0.2) is 0 Å². The molecule has 0 unspecified atom stereocenters. The Kier molecular flexibility index (Phi) is 6.78. The van der Waals surface area contributed by atoms with Crippen LogP contribution in [0, 0.1) is 18.3 Å². The lowest BCUT2D eigenvalue weighted by atomic mass is 10.1. The molecule has 1 rings (SSSR count). The second-order valence-corrected chi connectivity index (χ2v) is 4.36. The first kappa shape index (κ1) is 14.4. The van der Waals surface area contributed by atoms with Crippen LogP contribution in [0.4, 0.5) is 0 Å². The Balaban J connectivity index is 2.27. The van der Waals surface area contributed by atoms with E-state index in [1.165, 1.54) is 38.3 Å². The first-order valence-corrected chi connectivity index (χ1v) is 6.64. The van der Waals surface area contributed by atoms with Crippen LogP contribution >= 0.6 is 0 Å². The first-order chi connectivity index (χ1) is 8.77. The van der Waals surface area contributed by atoms with Gasteiger partial charge in [0.25, 0.3) is 0 Å². The monoisotopic (exact) mass is 247 g/mol. The zero-order valence-corrected chi connectivity index (χ0v) is 11.3. The van der Waals surface area contributed by atoms with Gasteiger partial charge in [0, 0.05) is 0 Å². The molecule has 0 saturated carbocycles. The lowest BCUT2D eigenvalue weighted by Gasteiger charge is -2.06. The molecule has 0 atom stereocenters. The second-order valence-electron chi connectivity index (χ2n) is 4.36. The van der Waals surface area contributed by atoms with E-state index < -0.39 is 0 Å². The van der Waals surface area contributed by atoms with E-state index in [1.807, 2.05) is 6.07 Å². The first-order valence-electron chi connectivity index (χ1n) is 6.64. The highest BCUT2D eigenvalue weighted by molar-refractivity contribution is 5.35. The normalized spacial score (nSPS) is 10.1. The molecule has 0 radical (unpaired) electrons. The molecular formula is C14H21N3O. The predicted octanol–water partition coefficient (Wildman–Crippen LogP) is 3.40. The highest BCUT2D eigenvalue weighted by atomic mass is 16.5. The number of hydrogen-bond donors (Lipinski definition) is 0. The van der Waals surface area contributed by atoms with Crippen molar-refractivity contribution < 1.29 is 4.74 Å². The third kappa shape index (κ3) is 5.13. The van der Waals surface area contributed by atoms with Crippen LogP contribution in [-0.2, 0) is 0 Å². The van der Waals surface area contributed by atoms with Gasteiger partial charge in [-0.05, 0) is 13.3 Å². The largest absolute Gasteiger partial charge is 0.477 e. The van der Waals surface area contributed by atoms with Crippen molar-refractivity contribution in [2.24, 2.45) is 0 Å². The lowest BCUT2D eigenvalue weighted by Crippen LogP contribution is -2.03. The Morgan fingerprint density at radius 3 is 2.67 bits per heavy atom. The van der Waals surface area contributed by atoms with Gasteiger partial charge in [-0.15, -0.1) is 0 Å². The average molecular weight is 247 g/mol. The zero-order valence-electron chi connectivity index (χ0n) is 11.3. The maximum Gasteiger partial charge on any atom is 0.235 e. The van der Waals surface area contributed by atoms with Crippen LogP contribution in [0.5, 0.6) is 5.88 Å². The third-order valence-corrected chi connectivity index (χ3v) is 2.73. The van der Waals surface area contributed by atoms with Gasteiger partial charge >= 0.3 is 0 Å². The van der Waals surface area contributed by atoms with E-state index in [0.29, 0.717) is 23.9 Å². The van der Waals surface area contributed by atoms with E-state index in [-0.39, 0.29) is 0 Å². The van der Waals surface area contributed by atoms with Gasteiger partial charge in [-0.25, -0.2) is 4.98 Å². The van der Waals surface area contributed by atoms with Crippen molar-refractivity contribution >= 4 is 0 Å². The minimum absolute atomic E-state index is 0.409. The minimum Gasteiger partial charge on any atom is -0.477 e. The summed E-state index contributed by atoms with van der Waals surface area (Å²) in [5.41, 5.74) is 0.409. The van der Waals surface area contributed by atoms with E-state index in [2.05, 4.69) is 16.9 Å². The van der Waals surface area contributed by atoms with Crippen molar-refractivity contribution in [2.75, 3.05) is 6.61 Å². The SMILES string of the molecule is CCCCCCCCOc1nc(C)ncc1C#N. The van der Waals surface area contributed by atoms with Crippen molar-refractivity contribution in [3.63, 3.8) is 0 Å². The maximum absolute atomic E-state index is 8.90. The van der Waals surface area contributed by atoms with E-state index in [1.54, 1.807) is 6.92 Å². The van der Waals surface area contributed by atoms with Crippen molar-refractivity contribution in [3.05, 3.63) is 17.6 Å². The number of unbranched alkanes of at least 4 members (excludes halogenated alkanes) is 5. The highest BCUT2D eigenvalue weighted by Gasteiger charge is 2.05. The molecule has 0 aliphatic heterocycles. The number of nitrogens with zero attached hydrogens (tertiary/aromatic N) is 3. The summed E-state index contributed by atoms with van der Waals surface area (Å²) in [5, 5.41) is 8.90. The molecule has 0 spiro atoms. The van der Waals surface area contributed by atoms with Crippen LogP contribution in [0.2, 0.25) is 0 Å². The topological polar surface area (TPSA) is 58.8 Å². The molecule has 0 N–H and O–H groups in total. The van der Waals surface area contributed by atoms with Crippen LogP contribution in [-0.4, -0.2) is 16.6 Å². The van der Waals surface area contributed by atoms with Crippen molar-refractivity contribution in [1.29, 1.82) is 5.26 Å². The molecule has 4 nitrogen and oxygen atoms in total. The Bertz CT molecular complexity index is 399. The number of rotatable bonds is 8. The molecule has 1 aromatic rings. The molecule has 0 aliphatic rings. The molecule has 0 saturated heterocycles. The van der Waals surface area contributed by atoms with Crippen molar-refractivity contribution in [1.82, 2.24) is 9.97 Å². The number of hydrogen-bond acceptors (Lipinski definition) is 4. The molecule has 98 valence electrons. The molecule has 18 heavy (non-hydrogen) atoms. The fourth-order valence-electron chi connectivity index (χ4n) is 1.69. The fraction of sp³-hybridized carbons (Fsp3) is 0.643. The summed E-state index contributed by atoms with van der Waals surface area (Å²) >= 11 is 0. The number of nitriles is 1. The average Bonchev–Trinajstić information content (AvgIpc) is 2.38. The molecule has 0 fully saturated rings. The smallest absolute Gasteiger partial charge is 0.235 e. The summed E-state index contributed by atoms with van der Waals surface area (Å²) in [7, 11) is 0. The lowest BCUT2D eigenvalue weighted by molar-refractivity contribution is 0.291. The van der Waals surface area contributed by atoms with Crippen molar-refractivity contribution in [3.8, 4) is 11.9 Å². The maximum atomic E-state index is 8.90. The highest BCUT2D eigenvalue weighted by Crippen LogP contribution is 2.14. The minimum atomic E-state index is 0.409. The van der Waals surface area contributed by atoms with E-state index in [4.69, 9.17) is 10.00 Å². The Morgan fingerprint density at radius 1 is 1.22 bits per heavy atom. The molecule has 0 amide bonds. The van der Waals surface area contributed by atoms with E-state index in [9.17, 15) is 0 Å². The van der Waals surface area contributed by atoms with Gasteiger partial charge in [-0.2, -0.15) is 10.2 Å². The van der Waals surface area contributed by atoms with Gasteiger partial charge in [-0.3, -0.25) is 0 Å². The quantitative estimate of drug-likeness (QED) is 0.661. The molecule has 1 aromatic heterocycles. The molecule has 1 heterocycles. The second kappa shape index (κ2) is 8.46. The summed E-state index contributed by atoms with van der Waals surface area (Å²) in [4.78, 5) is 8.11. The number of aromatic nitrogens is 2. The van der Waals surface area contributed by atoms with Crippen LogP contribution in [0.3, 0.4) is 0 Å². The summed E-state index contributed by atoms with van der Waals surface area (Å²) in [6.07, 6.45) is 8.83. The molecule has 4 heteroatoms. The van der Waals surface area contributed by atoms with Gasteiger partial charge in [0.1, 0.15) is 17.5 Å². The number of ether oxygens (including phenoxy) is 1. The summed E-state index contributed by atoms with van der Waals surface area (Å²) in [5.74, 6) is 1.05. The van der Waals surface area contributed by atoms with E-state index in [0.717, 1.165) is 6.42 Å². The Hall–Kier alpha value is -1.63. The van der Waals surface area contributed by atoms with Crippen LogP contribution in [0.15, 0.2) is 6.20 Å². The molecule has 0 aliphatic carbocycles. The van der Waals surface area contributed by atoms with Crippen molar-refractivity contribution in [2.45, 2.75) is 52.4 Å². The van der Waals surface area contributed by atoms with Crippen LogP contribution in [0.25, 0.3) is 0 Å². The van der Waals surface area contributed by atoms with Crippen LogP contribution < -0.4 is 4.74 Å². The summed E-state index contributed by atoms with van der Waals surface area (Å²) in [6, 6.07) is 2.04. The molecular weight excluding hydrogens is 226 g/mol. The third-order valence-electron chi connectivity index (χ3n) is 2.73. The standard InChI is InChI=1S/C14H21N3O/c1-3-4-5-6-7-8-9-18-14-13(10-15)11-16-12(2)17-14/h11H,3-9H2,1-2H3. The van der Waals surface area contributed by atoms with Crippen LogP contribution in [0.1, 0.15) is 56.8 Å². The van der Waals surface area contributed by atoms with Gasteiger partial charge in [0.05, 0.1) is 12.8 Å². The summed E-state index contributed by atoms with van der Waals surface area (Å²) in [6.45, 7) is 4.62. The fourth-order valence-corrected chi connectivity index (χ4v) is 1.69. The zero-order chi connectivity index (χ0) is 13.2. The van der Waals surface area contributed by atoms with E-state index >= 15 is 0 Å². The predicted molar refractivity (Wildman–Crippen MR) is 70.4 cm³/mol. The number of aryl methyl sites for hydroxylation is 1. The summed E-state index contributed by atoms with van der Waals surface area (Å²) < 4.78 is 5.54. The van der Waals surface area contributed by atoms with Gasteiger partial charge < -0.3 is 4.74 Å². The Labute approximate surface area is 109 Å². The van der Waals surface area contributed by atoms with Gasteiger partial charge in [0.2, 0.25) is 5.88 Å².